The van der Waals surface area contributed by atoms with Crippen LogP contribution in [0, 0.1) is 0 Å². The molecule has 0 bridgehead atoms. The fourth-order valence-corrected chi connectivity index (χ4v) is 2.71. The molecule has 2 heterocycles. The van der Waals surface area contributed by atoms with Crippen LogP contribution < -0.4 is 0 Å². The summed E-state index contributed by atoms with van der Waals surface area (Å²) in [5, 5.41) is 10.3. The second-order valence-corrected chi connectivity index (χ2v) is 5.73. The number of aromatic nitrogens is 2. The number of benzene rings is 1. The number of nitrogens with zero attached hydrogens (tertiary/aromatic N) is 2. The highest BCUT2D eigenvalue weighted by atomic mass is 16.4. The minimum atomic E-state index is -0.904. The van der Waals surface area contributed by atoms with Crippen molar-refractivity contribution in [2.24, 2.45) is 0 Å². The number of rotatable bonds is 4. The zero-order valence-electron chi connectivity index (χ0n) is 12.7. The van der Waals surface area contributed by atoms with E-state index in [2.05, 4.69) is 29.6 Å². The average molecular weight is 294 g/mol. The maximum Gasteiger partial charge on any atom is 0.335 e. The maximum atomic E-state index is 11.2. The van der Waals surface area contributed by atoms with Crippen LogP contribution in [0.1, 0.15) is 41.4 Å². The summed E-state index contributed by atoms with van der Waals surface area (Å²) in [4.78, 5) is 15.6. The molecule has 0 spiro atoms. The van der Waals surface area contributed by atoms with Crippen molar-refractivity contribution in [3.8, 4) is 0 Å². The molecule has 0 saturated carbocycles. The third-order valence-corrected chi connectivity index (χ3v) is 3.84. The molecule has 0 aliphatic heterocycles. The Hall–Kier alpha value is -2.62. The molecule has 0 aliphatic carbocycles. The molecule has 0 aliphatic rings. The van der Waals surface area contributed by atoms with E-state index in [1.165, 1.54) is 5.56 Å². The minimum absolute atomic E-state index is 0.308. The Morgan fingerprint density at radius 3 is 2.73 bits per heavy atom. The molecule has 0 atom stereocenters. The number of hydrogen-bond donors (Lipinski definition) is 1. The number of fused-ring (bicyclic) bond motifs is 1. The second-order valence-electron chi connectivity index (χ2n) is 5.73. The van der Waals surface area contributed by atoms with Crippen molar-refractivity contribution in [2.45, 2.75) is 26.3 Å². The molecular formula is C18H18N2O2. The second kappa shape index (κ2) is 5.64. The molecule has 0 radical (unpaired) electrons. The number of aromatic carboxylic acids is 1. The fraction of sp³-hybridized carbons (Fsp3) is 0.222. The first-order valence-electron chi connectivity index (χ1n) is 7.32. The van der Waals surface area contributed by atoms with E-state index < -0.39 is 5.97 Å². The topological polar surface area (TPSA) is 55.1 Å². The Labute approximate surface area is 129 Å². The highest BCUT2D eigenvalue weighted by Crippen LogP contribution is 2.29. The highest BCUT2D eigenvalue weighted by molar-refractivity contribution is 5.94. The average Bonchev–Trinajstić information content (AvgIpc) is 2.86. The van der Waals surface area contributed by atoms with Crippen molar-refractivity contribution in [2.75, 3.05) is 0 Å². The molecule has 0 fully saturated rings. The third kappa shape index (κ3) is 2.60. The van der Waals surface area contributed by atoms with E-state index in [9.17, 15) is 9.90 Å². The summed E-state index contributed by atoms with van der Waals surface area (Å²) in [7, 11) is 0. The van der Waals surface area contributed by atoms with Gasteiger partial charge < -0.3 is 9.67 Å². The molecular weight excluding hydrogens is 276 g/mol. The van der Waals surface area contributed by atoms with Gasteiger partial charge in [0.2, 0.25) is 0 Å². The Balaban J connectivity index is 2.15. The van der Waals surface area contributed by atoms with Crippen molar-refractivity contribution in [3.63, 3.8) is 0 Å². The van der Waals surface area contributed by atoms with Crippen LogP contribution in [0.15, 0.2) is 48.8 Å². The number of carbonyl (C=O) groups is 1. The van der Waals surface area contributed by atoms with Gasteiger partial charge in [-0.05, 0) is 35.7 Å². The first kappa shape index (κ1) is 14.3. The normalized spacial score (nSPS) is 11.2. The van der Waals surface area contributed by atoms with E-state index in [1.54, 1.807) is 18.3 Å². The summed E-state index contributed by atoms with van der Waals surface area (Å²) in [6.07, 6.45) is 3.88. The summed E-state index contributed by atoms with van der Waals surface area (Å²) >= 11 is 0. The van der Waals surface area contributed by atoms with Crippen LogP contribution in [-0.4, -0.2) is 20.6 Å². The molecule has 0 saturated heterocycles. The molecule has 1 N–H and O–H groups in total. The number of carboxylic acid groups (broad SMARTS) is 1. The fourth-order valence-electron chi connectivity index (χ4n) is 2.71. The highest BCUT2D eigenvalue weighted by Gasteiger charge is 2.14. The van der Waals surface area contributed by atoms with E-state index >= 15 is 0 Å². The Kier molecular flexibility index (Phi) is 3.67. The Morgan fingerprint density at radius 2 is 2.09 bits per heavy atom. The van der Waals surface area contributed by atoms with Gasteiger partial charge in [-0.1, -0.05) is 26.0 Å². The molecule has 3 rings (SSSR count). The van der Waals surface area contributed by atoms with Crippen LogP contribution >= 0.6 is 0 Å². The van der Waals surface area contributed by atoms with Gasteiger partial charge in [-0.15, -0.1) is 0 Å². The van der Waals surface area contributed by atoms with Gasteiger partial charge in [0.25, 0.3) is 0 Å². The minimum Gasteiger partial charge on any atom is -0.478 e. The molecule has 0 amide bonds. The Bertz CT molecular complexity index is 820. The summed E-state index contributed by atoms with van der Waals surface area (Å²) in [6.45, 7) is 4.92. The van der Waals surface area contributed by atoms with E-state index in [0.717, 1.165) is 16.6 Å². The number of carboxylic acids is 1. The quantitative estimate of drug-likeness (QED) is 0.793. The van der Waals surface area contributed by atoms with E-state index in [4.69, 9.17) is 0 Å². The van der Waals surface area contributed by atoms with Crippen molar-refractivity contribution < 1.29 is 9.90 Å². The summed E-state index contributed by atoms with van der Waals surface area (Å²) in [6, 6.07) is 11.1. The molecule has 3 aromatic rings. The largest absolute Gasteiger partial charge is 0.478 e. The van der Waals surface area contributed by atoms with Crippen molar-refractivity contribution in [1.82, 2.24) is 9.55 Å². The predicted octanol–water partition coefficient (Wildman–Crippen LogP) is 3.91. The molecule has 1 aromatic carbocycles. The molecule has 4 heteroatoms. The zero-order chi connectivity index (χ0) is 15.7. The predicted molar refractivity (Wildman–Crippen MR) is 86.3 cm³/mol. The van der Waals surface area contributed by atoms with Gasteiger partial charge in [0.05, 0.1) is 17.8 Å². The number of hydrogen-bond acceptors (Lipinski definition) is 2. The van der Waals surface area contributed by atoms with E-state index in [-0.39, 0.29) is 0 Å². The lowest BCUT2D eigenvalue weighted by Gasteiger charge is -2.05. The van der Waals surface area contributed by atoms with Gasteiger partial charge in [0, 0.05) is 23.3 Å². The van der Waals surface area contributed by atoms with Crippen molar-refractivity contribution >= 4 is 16.9 Å². The van der Waals surface area contributed by atoms with Crippen molar-refractivity contribution in [3.05, 3.63) is 65.6 Å². The monoisotopic (exact) mass is 294 g/mol. The van der Waals surface area contributed by atoms with Crippen LogP contribution in [0.4, 0.5) is 0 Å². The van der Waals surface area contributed by atoms with Crippen LogP contribution in [0.25, 0.3) is 10.9 Å². The molecule has 0 unspecified atom stereocenters. The smallest absolute Gasteiger partial charge is 0.335 e. The van der Waals surface area contributed by atoms with Crippen LogP contribution in [0.2, 0.25) is 0 Å². The van der Waals surface area contributed by atoms with Crippen LogP contribution in [0.3, 0.4) is 0 Å². The first-order valence-corrected chi connectivity index (χ1v) is 7.32. The van der Waals surface area contributed by atoms with Crippen LogP contribution in [0.5, 0.6) is 0 Å². The maximum absolute atomic E-state index is 11.2. The van der Waals surface area contributed by atoms with Crippen molar-refractivity contribution in [1.29, 1.82) is 0 Å². The lowest BCUT2D eigenvalue weighted by atomic mass is 10.0. The molecule has 112 valence electrons. The third-order valence-electron chi connectivity index (χ3n) is 3.84. The Morgan fingerprint density at radius 1 is 1.27 bits per heavy atom. The molecule has 4 nitrogen and oxygen atoms in total. The standard InChI is InChI=1S/C18H18N2O2/c1-12(2)16-11-20(10-14-5-3-4-8-19-14)17-9-13(18(21)22)6-7-15(16)17/h3-9,11-12H,10H2,1-2H3,(H,21,22). The van der Waals surface area contributed by atoms with Gasteiger partial charge in [0.1, 0.15) is 0 Å². The summed E-state index contributed by atoms with van der Waals surface area (Å²) in [5.74, 6) is -0.526. The SMILES string of the molecule is CC(C)c1cn(Cc2ccccn2)c2cc(C(=O)O)ccc12. The summed E-state index contributed by atoms with van der Waals surface area (Å²) in [5.41, 5.74) is 3.43. The van der Waals surface area contributed by atoms with Gasteiger partial charge in [-0.3, -0.25) is 4.98 Å². The lowest BCUT2D eigenvalue weighted by molar-refractivity contribution is 0.0697. The van der Waals surface area contributed by atoms with E-state index in [0.29, 0.717) is 18.0 Å². The van der Waals surface area contributed by atoms with Gasteiger partial charge in [-0.25, -0.2) is 4.79 Å². The zero-order valence-corrected chi connectivity index (χ0v) is 12.7. The lowest BCUT2D eigenvalue weighted by Crippen LogP contribution is -2.01. The van der Waals surface area contributed by atoms with E-state index in [1.807, 2.05) is 24.3 Å². The van der Waals surface area contributed by atoms with Gasteiger partial charge in [-0.2, -0.15) is 0 Å². The van der Waals surface area contributed by atoms with Gasteiger partial charge in [0.15, 0.2) is 0 Å². The molecule has 22 heavy (non-hydrogen) atoms. The van der Waals surface area contributed by atoms with Gasteiger partial charge >= 0.3 is 5.97 Å². The summed E-state index contributed by atoms with van der Waals surface area (Å²) < 4.78 is 2.08. The molecule has 2 aromatic heterocycles. The number of pyridine rings is 1. The first-order chi connectivity index (χ1) is 10.6. The van der Waals surface area contributed by atoms with Crippen LogP contribution in [-0.2, 0) is 6.54 Å².